The summed E-state index contributed by atoms with van der Waals surface area (Å²) in [6.45, 7) is 2.17. The lowest BCUT2D eigenvalue weighted by Gasteiger charge is -2.12. The molecule has 1 fully saturated rings. The van der Waals surface area contributed by atoms with E-state index < -0.39 is 0 Å². The van der Waals surface area contributed by atoms with Crippen molar-refractivity contribution in [2.24, 2.45) is 11.1 Å². The molecule has 0 spiro atoms. The molecule has 1 saturated carbocycles. The number of allylic oxidation sites excluding steroid dienone is 1. The molecule has 7 heteroatoms. The van der Waals surface area contributed by atoms with Crippen molar-refractivity contribution in [3.8, 4) is 0 Å². The third kappa shape index (κ3) is 4.22. The van der Waals surface area contributed by atoms with E-state index in [9.17, 15) is 9.90 Å². The molecule has 0 bridgehead atoms. The van der Waals surface area contributed by atoms with E-state index in [1.807, 2.05) is 6.26 Å². The lowest BCUT2D eigenvalue weighted by molar-refractivity contribution is -0.116. The van der Waals surface area contributed by atoms with E-state index in [0.29, 0.717) is 27.1 Å². The quantitative estimate of drug-likeness (QED) is 0.240. The first-order valence-corrected chi connectivity index (χ1v) is 9.14. The number of carbonyl (C=O) groups excluding carboxylic acids is 1. The number of halogens is 2. The highest BCUT2D eigenvalue weighted by molar-refractivity contribution is 7.98. The molecule has 0 amide bonds. The number of benzene rings is 1. The van der Waals surface area contributed by atoms with Crippen molar-refractivity contribution in [1.29, 1.82) is 0 Å². The molecule has 0 radical (unpaired) electrons. The number of hydrogen-bond donors (Lipinski definition) is 1. The lowest BCUT2D eigenvalue weighted by Crippen LogP contribution is -2.10. The Bertz CT molecular complexity index is 670. The number of oxime groups is 1. The van der Waals surface area contributed by atoms with Gasteiger partial charge >= 0.3 is 0 Å². The van der Waals surface area contributed by atoms with Gasteiger partial charge in [-0.25, -0.2) is 0 Å². The Balaban J connectivity index is 2.52. The summed E-state index contributed by atoms with van der Waals surface area (Å²) in [5.41, 5.74) is 0.591. The first kappa shape index (κ1) is 18.2. The van der Waals surface area contributed by atoms with Gasteiger partial charge in [-0.15, -0.1) is 11.8 Å². The van der Waals surface area contributed by atoms with Crippen LogP contribution in [0.25, 0.3) is 5.76 Å². The Morgan fingerprint density at radius 3 is 2.74 bits per heavy atom. The van der Waals surface area contributed by atoms with E-state index >= 15 is 0 Å². The van der Waals surface area contributed by atoms with Gasteiger partial charge in [0.15, 0.2) is 5.78 Å². The molecule has 0 heterocycles. The standard InChI is InChI=1S/C16H17Cl2NO3S/c1-3-22-19-8-11(14(20)9-4-5-9)15(21)10-6-7-12(17)13(18)16(10)23-2/h6-9,21H,3-5H2,1-2H3. The average Bonchev–Trinajstić information content (AvgIpc) is 3.38. The van der Waals surface area contributed by atoms with Gasteiger partial charge in [0.25, 0.3) is 0 Å². The van der Waals surface area contributed by atoms with E-state index in [-0.39, 0.29) is 23.0 Å². The Morgan fingerprint density at radius 2 is 2.17 bits per heavy atom. The van der Waals surface area contributed by atoms with Crippen LogP contribution in [0.4, 0.5) is 0 Å². The number of ketones is 1. The summed E-state index contributed by atoms with van der Waals surface area (Å²) in [5.74, 6) is -0.349. The van der Waals surface area contributed by atoms with E-state index in [1.165, 1.54) is 18.0 Å². The predicted octanol–water partition coefficient (Wildman–Crippen LogP) is 4.99. The van der Waals surface area contributed by atoms with Gasteiger partial charge in [0.2, 0.25) is 0 Å². The summed E-state index contributed by atoms with van der Waals surface area (Å²) in [7, 11) is 0. The minimum atomic E-state index is -0.159. The van der Waals surface area contributed by atoms with Crippen LogP contribution in [-0.4, -0.2) is 30.0 Å². The zero-order valence-electron chi connectivity index (χ0n) is 12.8. The molecule has 0 saturated heterocycles. The zero-order valence-corrected chi connectivity index (χ0v) is 15.1. The van der Waals surface area contributed by atoms with Crippen LogP contribution in [0.1, 0.15) is 25.3 Å². The minimum absolute atomic E-state index is 0.0549. The summed E-state index contributed by atoms with van der Waals surface area (Å²) in [5, 5.41) is 15.1. The first-order valence-electron chi connectivity index (χ1n) is 7.16. The van der Waals surface area contributed by atoms with Gasteiger partial charge in [0.05, 0.1) is 21.8 Å². The SMILES string of the molecule is CCON=CC(C(=O)C1CC1)=C(O)c1ccc(Cl)c(Cl)c1SC. The highest BCUT2D eigenvalue weighted by atomic mass is 35.5. The lowest BCUT2D eigenvalue weighted by atomic mass is 10.0. The van der Waals surface area contributed by atoms with Gasteiger partial charge in [-0.3, -0.25) is 4.79 Å². The number of nitrogens with zero attached hydrogens (tertiary/aromatic N) is 1. The molecule has 1 aromatic rings. The second-order valence-corrected chi connectivity index (χ2v) is 6.60. The molecule has 0 atom stereocenters. The van der Waals surface area contributed by atoms with Crippen LogP contribution in [0.2, 0.25) is 10.0 Å². The Kier molecular flexibility index (Phi) is 6.39. The molecule has 0 unspecified atom stereocenters. The average molecular weight is 374 g/mol. The normalized spacial score (nSPS) is 15.7. The summed E-state index contributed by atoms with van der Waals surface area (Å²) < 4.78 is 0. The maximum atomic E-state index is 12.4. The predicted molar refractivity (Wildman–Crippen MR) is 95.6 cm³/mol. The fourth-order valence-corrected chi connectivity index (χ4v) is 3.32. The maximum Gasteiger partial charge on any atom is 0.171 e. The van der Waals surface area contributed by atoms with Gasteiger partial charge in [-0.05, 0) is 38.2 Å². The Morgan fingerprint density at radius 1 is 1.48 bits per heavy atom. The van der Waals surface area contributed by atoms with Gasteiger partial charge < -0.3 is 9.94 Å². The number of thioether (sulfide) groups is 1. The maximum absolute atomic E-state index is 12.4. The number of rotatable bonds is 7. The van der Waals surface area contributed by atoms with Gasteiger partial charge in [-0.1, -0.05) is 28.4 Å². The third-order valence-corrected chi connectivity index (χ3v) is 5.11. The second kappa shape index (κ2) is 8.08. The van der Waals surface area contributed by atoms with Crippen molar-refractivity contribution in [2.75, 3.05) is 12.9 Å². The molecule has 4 nitrogen and oxygen atoms in total. The van der Waals surface area contributed by atoms with Gasteiger partial charge in [0.1, 0.15) is 12.4 Å². The van der Waals surface area contributed by atoms with Crippen LogP contribution in [0.15, 0.2) is 27.8 Å². The van der Waals surface area contributed by atoms with Crippen molar-refractivity contribution < 1.29 is 14.7 Å². The monoisotopic (exact) mass is 373 g/mol. The number of aliphatic hydroxyl groups is 1. The van der Waals surface area contributed by atoms with E-state index in [0.717, 1.165) is 12.8 Å². The second-order valence-electron chi connectivity index (χ2n) is 5.00. The number of Topliss-reactive ketones (excluding diaryl/α,β-unsaturated/α-hetero) is 1. The number of hydrogen-bond acceptors (Lipinski definition) is 5. The Labute approximate surface area is 149 Å². The summed E-state index contributed by atoms with van der Waals surface area (Å²) in [4.78, 5) is 18.0. The van der Waals surface area contributed by atoms with Crippen LogP contribution in [0, 0.1) is 5.92 Å². The van der Waals surface area contributed by atoms with Crippen molar-refractivity contribution in [3.63, 3.8) is 0 Å². The summed E-state index contributed by atoms with van der Waals surface area (Å²) >= 11 is 13.6. The zero-order chi connectivity index (χ0) is 17.0. The van der Waals surface area contributed by atoms with Crippen molar-refractivity contribution in [3.05, 3.63) is 33.3 Å². The minimum Gasteiger partial charge on any atom is -0.506 e. The van der Waals surface area contributed by atoms with Crippen molar-refractivity contribution in [2.45, 2.75) is 24.7 Å². The van der Waals surface area contributed by atoms with Crippen LogP contribution in [0.5, 0.6) is 0 Å². The highest BCUT2D eigenvalue weighted by Gasteiger charge is 2.33. The third-order valence-electron chi connectivity index (χ3n) is 3.36. The molecule has 0 aromatic heterocycles. The molecule has 23 heavy (non-hydrogen) atoms. The molecule has 0 aliphatic heterocycles. The molecule has 1 aliphatic carbocycles. The smallest absolute Gasteiger partial charge is 0.171 e. The van der Waals surface area contributed by atoms with Crippen LogP contribution >= 0.6 is 35.0 Å². The number of aliphatic hydroxyl groups excluding tert-OH is 1. The molecule has 1 aliphatic rings. The number of carbonyl (C=O) groups is 1. The topological polar surface area (TPSA) is 58.9 Å². The van der Waals surface area contributed by atoms with Gasteiger partial charge in [0, 0.05) is 16.4 Å². The fourth-order valence-electron chi connectivity index (χ4n) is 2.03. The molecule has 1 aromatic carbocycles. The van der Waals surface area contributed by atoms with E-state index in [2.05, 4.69) is 5.16 Å². The van der Waals surface area contributed by atoms with E-state index in [4.69, 9.17) is 28.0 Å². The molecular formula is C16H17Cl2NO3S. The van der Waals surface area contributed by atoms with Crippen LogP contribution in [0.3, 0.4) is 0 Å². The summed E-state index contributed by atoms with van der Waals surface area (Å²) in [6, 6.07) is 3.23. The summed E-state index contributed by atoms with van der Waals surface area (Å²) in [6.07, 6.45) is 4.75. The molecule has 2 rings (SSSR count). The molecule has 124 valence electrons. The van der Waals surface area contributed by atoms with Crippen LogP contribution < -0.4 is 0 Å². The fraction of sp³-hybridized carbons (Fsp3) is 0.375. The molecule has 1 N–H and O–H groups in total. The van der Waals surface area contributed by atoms with Gasteiger partial charge in [-0.2, -0.15) is 0 Å². The largest absolute Gasteiger partial charge is 0.506 e. The Hall–Kier alpha value is -1.17. The van der Waals surface area contributed by atoms with Crippen molar-refractivity contribution in [1.82, 2.24) is 0 Å². The van der Waals surface area contributed by atoms with Crippen molar-refractivity contribution >= 4 is 52.7 Å². The molecular weight excluding hydrogens is 357 g/mol. The van der Waals surface area contributed by atoms with Crippen LogP contribution in [-0.2, 0) is 9.63 Å². The highest BCUT2D eigenvalue weighted by Crippen LogP contribution is 2.39. The van der Waals surface area contributed by atoms with E-state index in [1.54, 1.807) is 19.1 Å². The first-order chi connectivity index (χ1) is 11.0.